The van der Waals surface area contributed by atoms with E-state index in [1.165, 1.54) is 69.1 Å². The summed E-state index contributed by atoms with van der Waals surface area (Å²) in [5.74, 6) is -4.44. The molecular formula is C29H53N3O8. The molecule has 1 aliphatic rings. The predicted molar refractivity (Wildman–Crippen MR) is 153 cm³/mol. The Kier molecular flexibility index (Phi) is 18.4. The Labute approximate surface area is 239 Å². The SMILES string of the molecule is CCCCCCCCCCCCCCCCC1(N(CC(=O)O)CC(=O)O)CN(CC(=O)O)CCN(CC(=O)O)C1. The van der Waals surface area contributed by atoms with Crippen molar-refractivity contribution in [2.24, 2.45) is 0 Å². The molecule has 0 bridgehead atoms. The minimum Gasteiger partial charge on any atom is -0.480 e. The first-order chi connectivity index (χ1) is 19.1. The van der Waals surface area contributed by atoms with Gasteiger partial charge in [-0.1, -0.05) is 96.8 Å². The molecule has 0 atom stereocenters. The van der Waals surface area contributed by atoms with Gasteiger partial charge in [-0.05, 0) is 6.42 Å². The minimum atomic E-state index is -1.18. The van der Waals surface area contributed by atoms with Crippen molar-refractivity contribution < 1.29 is 39.6 Å². The third-order valence-electron chi connectivity index (χ3n) is 7.80. The fourth-order valence-corrected chi connectivity index (χ4v) is 5.86. The molecule has 1 saturated heterocycles. The van der Waals surface area contributed by atoms with E-state index in [1.54, 1.807) is 9.80 Å². The molecule has 0 aromatic rings. The first-order valence-corrected chi connectivity index (χ1v) is 15.1. The van der Waals surface area contributed by atoms with E-state index in [0.29, 0.717) is 19.5 Å². The highest BCUT2D eigenvalue weighted by atomic mass is 16.4. The second-order valence-electron chi connectivity index (χ2n) is 11.4. The third-order valence-corrected chi connectivity index (χ3v) is 7.80. The smallest absolute Gasteiger partial charge is 0.317 e. The highest BCUT2D eigenvalue weighted by Crippen LogP contribution is 2.29. The summed E-state index contributed by atoms with van der Waals surface area (Å²) in [5.41, 5.74) is -1.00. The highest BCUT2D eigenvalue weighted by Gasteiger charge is 2.43. The van der Waals surface area contributed by atoms with Crippen LogP contribution in [0.25, 0.3) is 0 Å². The molecule has 1 aliphatic heterocycles. The number of unbranched alkanes of at least 4 members (excludes halogenated alkanes) is 13. The lowest BCUT2D eigenvalue weighted by Gasteiger charge is -2.45. The largest absolute Gasteiger partial charge is 0.480 e. The lowest BCUT2D eigenvalue weighted by atomic mass is 9.88. The fourth-order valence-electron chi connectivity index (χ4n) is 5.86. The Hall–Kier alpha value is -2.24. The normalized spacial score (nSPS) is 16.1. The number of carboxylic acids is 4. The molecule has 1 rings (SSSR count). The van der Waals surface area contributed by atoms with Crippen LogP contribution < -0.4 is 0 Å². The number of hydrogen-bond donors (Lipinski definition) is 4. The van der Waals surface area contributed by atoms with Crippen LogP contribution in [0.2, 0.25) is 0 Å². The van der Waals surface area contributed by atoms with Crippen LogP contribution in [0.3, 0.4) is 0 Å². The first-order valence-electron chi connectivity index (χ1n) is 15.1. The van der Waals surface area contributed by atoms with E-state index in [4.69, 9.17) is 0 Å². The quantitative estimate of drug-likeness (QED) is 0.125. The third kappa shape index (κ3) is 16.1. The van der Waals surface area contributed by atoms with Gasteiger partial charge in [0.05, 0.1) is 26.2 Å². The summed E-state index contributed by atoms with van der Waals surface area (Å²) in [6.07, 6.45) is 17.1. The number of carbonyl (C=O) groups is 4. The maximum atomic E-state index is 11.7. The predicted octanol–water partition coefficient (Wildman–Crippen LogP) is 3.85. The molecule has 232 valence electrons. The van der Waals surface area contributed by atoms with Gasteiger partial charge in [-0.15, -0.1) is 0 Å². The molecular weight excluding hydrogens is 518 g/mol. The highest BCUT2D eigenvalue weighted by molar-refractivity contribution is 5.73. The standard InChI is InChI=1S/C29H53N3O8/c1-2-3-4-5-6-7-8-9-10-11-12-13-14-15-16-29(32(21-27(37)38)22-28(39)40)23-30(19-25(33)34)17-18-31(24-29)20-26(35)36/h2-24H2,1H3,(H,33,34)(H,35,36)(H,37,38)(H,39,40). The van der Waals surface area contributed by atoms with E-state index in [1.807, 2.05) is 0 Å². The monoisotopic (exact) mass is 571 g/mol. The Morgan fingerprint density at radius 1 is 0.575 bits per heavy atom. The summed E-state index contributed by atoms with van der Waals surface area (Å²) in [4.78, 5) is 51.2. The van der Waals surface area contributed by atoms with Crippen LogP contribution >= 0.6 is 0 Å². The van der Waals surface area contributed by atoms with Crippen molar-refractivity contribution in [1.82, 2.24) is 14.7 Å². The number of carboxylic acid groups (broad SMARTS) is 4. The number of aliphatic carboxylic acids is 4. The van der Waals surface area contributed by atoms with E-state index >= 15 is 0 Å². The van der Waals surface area contributed by atoms with Crippen LogP contribution in [0.5, 0.6) is 0 Å². The van der Waals surface area contributed by atoms with Crippen LogP contribution in [-0.2, 0) is 19.2 Å². The van der Waals surface area contributed by atoms with Crippen molar-refractivity contribution in [3.05, 3.63) is 0 Å². The number of nitrogens with zero attached hydrogens (tertiary/aromatic N) is 3. The molecule has 0 radical (unpaired) electrons. The van der Waals surface area contributed by atoms with E-state index in [0.717, 1.165) is 25.7 Å². The van der Waals surface area contributed by atoms with Crippen LogP contribution in [0.15, 0.2) is 0 Å². The van der Waals surface area contributed by atoms with Gasteiger partial charge >= 0.3 is 23.9 Å². The lowest BCUT2D eigenvalue weighted by Crippen LogP contribution is -2.62. The summed E-state index contributed by atoms with van der Waals surface area (Å²) >= 11 is 0. The fraction of sp³-hybridized carbons (Fsp3) is 0.862. The van der Waals surface area contributed by atoms with Gasteiger partial charge in [0.25, 0.3) is 0 Å². The molecule has 1 fully saturated rings. The molecule has 0 amide bonds. The van der Waals surface area contributed by atoms with Gasteiger partial charge in [0.1, 0.15) is 0 Å². The summed E-state index contributed by atoms with van der Waals surface area (Å²) < 4.78 is 0. The molecule has 4 N–H and O–H groups in total. The molecule has 0 spiro atoms. The zero-order valence-electron chi connectivity index (χ0n) is 24.5. The molecule has 0 saturated carbocycles. The molecule has 1 heterocycles. The topological polar surface area (TPSA) is 159 Å². The molecule has 0 aromatic heterocycles. The second kappa shape index (κ2) is 20.6. The summed E-state index contributed by atoms with van der Waals surface area (Å²) in [6.45, 7) is 1.55. The van der Waals surface area contributed by atoms with Crippen LogP contribution in [0.4, 0.5) is 0 Å². The van der Waals surface area contributed by atoms with Gasteiger partial charge < -0.3 is 20.4 Å². The molecule has 0 unspecified atom stereocenters. The summed E-state index contributed by atoms with van der Waals surface area (Å²) in [6, 6.07) is 0. The molecule has 11 nitrogen and oxygen atoms in total. The minimum absolute atomic E-state index is 0.161. The van der Waals surface area contributed by atoms with Gasteiger partial charge in [0, 0.05) is 31.7 Å². The zero-order valence-corrected chi connectivity index (χ0v) is 24.5. The van der Waals surface area contributed by atoms with Crippen molar-refractivity contribution >= 4 is 23.9 Å². The van der Waals surface area contributed by atoms with Crippen LogP contribution in [-0.4, -0.2) is 117 Å². The van der Waals surface area contributed by atoms with E-state index in [2.05, 4.69) is 6.92 Å². The van der Waals surface area contributed by atoms with E-state index in [9.17, 15) is 39.6 Å². The molecule has 0 aromatic carbocycles. The van der Waals surface area contributed by atoms with Gasteiger partial charge in [0.15, 0.2) is 0 Å². The maximum absolute atomic E-state index is 11.7. The van der Waals surface area contributed by atoms with Crippen molar-refractivity contribution in [2.75, 3.05) is 52.4 Å². The van der Waals surface area contributed by atoms with E-state index < -0.39 is 42.5 Å². The Balaban J connectivity index is 2.76. The Morgan fingerprint density at radius 3 is 1.25 bits per heavy atom. The van der Waals surface area contributed by atoms with Crippen LogP contribution in [0, 0.1) is 0 Å². The van der Waals surface area contributed by atoms with Crippen molar-refractivity contribution in [1.29, 1.82) is 0 Å². The second-order valence-corrected chi connectivity index (χ2v) is 11.4. The first kappa shape index (κ1) is 35.8. The number of rotatable bonds is 24. The van der Waals surface area contributed by atoms with Gasteiger partial charge in [-0.25, -0.2) is 0 Å². The van der Waals surface area contributed by atoms with Gasteiger partial charge in [-0.2, -0.15) is 0 Å². The van der Waals surface area contributed by atoms with Gasteiger partial charge in [0.2, 0.25) is 0 Å². The Bertz CT molecular complexity index is 722. The average Bonchev–Trinajstić information content (AvgIpc) is 3.02. The molecule has 11 heteroatoms. The summed E-state index contributed by atoms with van der Waals surface area (Å²) in [5, 5.41) is 38.0. The lowest BCUT2D eigenvalue weighted by molar-refractivity contribution is -0.148. The summed E-state index contributed by atoms with van der Waals surface area (Å²) in [7, 11) is 0. The Morgan fingerprint density at radius 2 is 0.925 bits per heavy atom. The van der Waals surface area contributed by atoms with E-state index in [-0.39, 0.29) is 26.2 Å². The van der Waals surface area contributed by atoms with Crippen LogP contribution in [0.1, 0.15) is 103 Å². The van der Waals surface area contributed by atoms with Crippen molar-refractivity contribution in [2.45, 2.75) is 109 Å². The van der Waals surface area contributed by atoms with Crippen molar-refractivity contribution in [3.8, 4) is 0 Å². The number of hydrogen-bond acceptors (Lipinski definition) is 7. The van der Waals surface area contributed by atoms with Gasteiger partial charge in [-0.3, -0.25) is 33.9 Å². The maximum Gasteiger partial charge on any atom is 0.317 e. The van der Waals surface area contributed by atoms with Crippen molar-refractivity contribution in [3.63, 3.8) is 0 Å². The molecule has 40 heavy (non-hydrogen) atoms. The molecule has 0 aliphatic carbocycles. The average molecular weight is 572 g/mol. The zero-order chi connectivity index (χ0) is 29.8.